The predicted octanol–water partition coefficient (Wildman–Crippen LogP) is 3.44. The molecule has 1 rings (SSSR count). The standard InChI is InChI=1S/C14H23N/c1-6-11-9-10-14(15(4)5)13(8-3)12(11)7-2/h9-10H,6-8H2,1-5H3. The van der Waals surface area contributed by atoms with Gasteiger partial charge in [-0.3, -0.25) is 0 Å². The molecular formula is C14H23N. The van der Waals surface area contributed by atoms with Crippen LogP contribution in [-0.2, 0) is 19.3 Å². The van der Waals surface area contributed by atoms with Crippen LogP contribution in [0.3, 0.4) is 0 Å². The fraction of sp³-hybridized carbons (Fsp3) is 0.571. The van der Waals surface area contributed by atoms with Crippen molar-refractivity contribution in [2.45, 2.75) is 40.0 Å². The minimum atomic E-state index is 1.13. The van der Waals surface area contributed by atoms with Crippen LogP contribution < -0.4 is 4.90 Å². The zero-order chi connectivity index (χ0) is 11.4. The lowest BCUT2D eigenvalue weighted by Crippen LogP contribution is -2.13. The molecule has 0 amide bonds. The zero-order valence-corrected chi connectivity index (χ0v) is 10.7. The summed E-state index contributed by atoms with van der Waals surface area (Å²) in [5, 5.41) is 0. The number of rotatable bonds is 4. The van der Waals surface area contributed by atoms with Gasteiger partial charge in [0.1, 0.15) is 0 Å². The van der Waals surface area contributed by atoms with E-state index in [9.17, 15) is 0 Å². The second-order valence-corrected chi connectivity index (χ2v) is 4.16. The Balaban J connectivity index is 3.34. The first kappa shape index (κ1) is 12.1. The molecule has 0 N–H and O–H groups in total. The summed E-state index contributed by atoms with van der Waals surface area (Å²) in [7, 11) is 4.25. The minimum absolute atomic E-state index is 1.13. The smallest absolute Gasteiger partial charge is 0.0396 e. The van der Waals surface area contributed by atoms with E-state index in [-0.39, 0.29) is 0 Å². The molecule has 1 nitrogen and oxygen atoms in total. The van der Waals surface area contributed by atoms with Gasteiger partial charge in [0, 0.05) is 19.8 Å². The van der Waals surface area contributed by atoms with Crippen molar-refractivity contribution in [3.8, 4) is 0 Å². The molecule has 0 saturated carbocycles. The maximum Gasteiger partial charge on any atom is 0.0396 e. The van der Waals surface area contributed by atoms with Crippen molar-refractivity contribution < 1.29 is 0 Å². The molecule has 15 heavy (non-hydrogen) atoms. The second-order valence-electron chi connectivity index (χ2n) is 4.16. The number of nitrogens with zero attached hydrogens (tertiary/aromatic N) is 1. The van der Waals surface area contributed by atoms with E-state index in [0.29, 0.717) is 0 Å². The van der Waals surface area contributed by atoms with Crippen LogP contribution in [0.15, 0.2) is 12.1 Å². The summed E-state index contributed by atoms with van der Waals surface area (Å²) in [4.78, 5) is 2.22. The van der Waals surface area contributed by atoms with Crippen LogP contribution in [0.4, 0.5) is 5.69 Å². The van der Waals surface area contributed by atoms with E-state index in [1.807, 2.05) is 0 Å². The molecule has 0 spiro atoms. The average molecular weight is 205 g/mol. The summed E-state index contributed by atoms with van der Waals surface area (Å²) >= 11 is 0. The van der Waals surface area contributed by atoms with Crippen molar-refractivity contribution in [2.75, 3.05) is 19.0 Å². The topological polar surface area (TPSA) is 3.24 Å². The number of hydrogen-bond donors (Lipinski definition) is 0. The van der Waals surface area contributed by atoms with Gasteiger partial charge in [0.2, 0.25) is 0 Å². The molecule has 0 heterocycles. The number of hydrogen-bond acceptors (Lipinski definition) is 1. The molecule has 0 radical (unpaired) electrons. The Hall–Kier alpha value is -0.980. The second kappa shape index (κ2) is 5.20. The summed E-state index contributed by atoms with van der Waals surface area (Å²) in [6.07, 6.45) is 3.42. The third kappa shape index (κ3) is 2.34. The van der Waals surface area contributed by atoms with Crippen molar-refractivity contribution >= 4 is 5.69 Å². The van der Waals surface area contributed by atoms with Gasteiger partial charge in [0.25, 0.3) is 0 Å². The molecule has 0 aliphatic carbocycles. The van der Waals surface area contributed by atoms with E-state index >= 15 is 0 Å². The van der Waals surface area contributed by atoms with Crippen LogP contribution in [0.5, 0.6) is 0 Å². The van der Waals surface area contributed by atoms with Crippen molar-refractivity contribution in [1.82, 2.24) is 0 Å². The summed E-state index contributed by atoms with van der Waals surface area (Å²) in [5.41, 5.74) is 5.99. The highest BCUT2D eigenvalue weighted by Gasteiger charge is 2.10. The van der Waals surface area contributed by atoms with Gasteiger partial charge in [-0.25, -0.2) is 0 Å². The Morgan fingerprint density at radius 2 is 1.47 bits per heavy atom. The van der Waals surface area contributed by atoms with E-state index in [0.717, 1.165) is 19.3 Å². The fourth-order valence-corrected chi connectivity index (χ4v) is 2.31. The third-order valence-corrected chi connectivity index (χ3v) is 3.07. The van der Waals surface area contributed by atoms with E-state index in [1.54, 1.807) is 5.56 Å². The maximum atomic E-state index is 2.29. The Morgan fingerprint density at radius 3 is 1.87 bits per heavy atom. The van der Waals surface area contributed by atoms with Crippen LogP contribution in [-0.4, -0.2) is 14.1 Å². The Kier molecular flexibility index (Phi) is 4.19. The van der Waals surface area contributed by atoms with Crippen LogP contribution in [0.25, 0.3) is 0 Å². The molecule has 84 valence electrons. The van der Waals surface area contributed by atoms with Gasteiger partial charge >= 0.3 is 0 Å². The zero-order valence-electron chi connectivity index (χ0n) is 10.7. The maximum absolute atomic E-state index is 2.29. The molecule has 0 aromatic heterocycles. The van der Waals surface area contributed by atoms with Crippen molar-refractivity contribution in [1.29, 1.82) is 0 Å². The molecule has 0 atom stereocenters. The SMILES string of the molecule is CCc1ccc(N(C)C)c(CC)c1CC. The fourth-order valence-electron chi connectivity index (χ4n) is 2.31. The quantitative estimate of drug-likeness (QED) is 0.728. The summed E-state index contributed by atoms with van der Waals surface area (Å²) in [6.45, 7) is 6.75. The van der Waals surface area contributed by atoms with Crippen LogP contribution in [0.2, 0.25) is 0 Å². The van der Waals surface area contributed by atoms with Crippen LogP contribution in [0.1, 0.15) is 37.5 Å². The lowest BCUT2D eigenvalue weighted by Gasteiger charge is -2.21. The van der Waals surface area contributed by atoms with E-state index in [1.165, 1.54) is 16.8 Å². The summed E-state index contributed by atoms with van der Waals surface area (Å²) in [5.74, 6) is 0. The third-order valence-electron chi connectivity index (χ3n) is 3.07. The molecular weight excluding hydrogens is 182 g/mol. The first-order valence-electron chi connectivity index (χ1n) is 5.96. The molecule has 1 aromatic rings. The monoisotopic (exact) mass is 205 g/mol. The molecule has 0 fully saturated rings. The van der Waals surface area contributed by atoms with Crippen molar-refractivity contribution in [3.63, 3.8) is 0 Å². The van der Waals surface area contributed by atoms with Crippen LogP contribution in [0, 0.1) is 0 Å². The molecule has 0 unspecified atom stereocenters. The normalized spacial score (nSPS) is 10.5. The van der Waals surface area contributed by atoms with Gasteiger partial charge in [0.05, 0.1) is 0 Å². The first-order valence-corrected chi connectivity index (χ1v) is 5.96. The summed E-state index contributed by atoms with van der Waals surface area (Å²) in [6, 6.07) is 4.55. The minimum Gasteiger partial charge on any atom is -0.377 e. The molecule has 0 aliphatic heterocycles. The van der Waals surface area contributed by atoms with Crippen molar-refractivity contribution in [2.24, 2.45) is 0 Å². The van der Waals surface area contributed by atoms with E-state index < -0.39 is 0 Å². The highest BCUT2D eigenvalue weighted by Crippen LogP contribution is 2.27. The largest absolute Gasteiger partial charge is 0.377 e. The number of aryl methyl sites for hydroxylation is 1. The molecule has 1 heteroatoms. The lowest BCUT2D eigenvalue weighted by molar-refractivity contribution is 0.963. The highest BCUT2D eigenvalue weighted by molar-refractivity contribution is 5.58. The Bertz CT molecular complexity index is 326. The van der Waals surface area contributed by atoms with Crippen molar-refractivity contribution in [3.05, 3.63) is 28.8 Å². The molecule has 1 aromatic carbocycles. The Labute approximate surface area is 94.1 Å². The Morgan fingerprint density at radius 1 is 0.867 bits per heavy atom. The van der Waals surface area contributed by atoms with Gasteiger partial charge in [-0.2, -0.15) is 0 Å². The predicted molar refractivity (Wildman–Crippen MR) is 68.9 cm³/mol. The lowest BCUT2D eigenvalue weighted by atomic mass is 9.94. The first-order chi connectivity index (χ1) is 7.15. The van der Waals surface area contributed by atoms with Gasteiger partial charge < -0.3 is 4.90 Å². The molecule has 0 aliphatic rings. The van der Waals surface area contributed by atoms with Gasteiger partial charge in [-0.15, -0.1) is 0 Å². The average Bonchev–Trinajstić information content (AvgIpc) is 2.26. The van der Waals surface area contributed by atoms with E-state index in [4.69, 9.17) is 0 Å². The van der Waals surface area contributed by atoms with Crippen LogP contribution >= 0.6 is 0 Å². The molecule has 0 saturated heterocycles. The summed E-state index contributed by atoms with van der Waals surface area (Å²) < 4.78 is 0. The number of anilines is 1. The molecule has 0 bridgehead atoms. The van der Waals surface area contributed by atoms with Gasteiger partial charge in [-0.1, -0.05) is 26.8 Å². The van der Waals surface area contributed by atoms with Gasteiger partial charge in [-0.05, 0) is 42.0 Å². The van der Waals surface area contributed by atoms with Gasteiger partial charge in [0.15, 0.2) is 0 Å². The van der Waals surface area contributed by atoms with E-state index in [2.05, 4.69) is 51.9 Å². The number of benzene rings is 1. The highest BCUT2D eigenvalue weighted by atomic mass is 15.1.